The number of carbonyl (C=O) groups is 1. The molecule has 1 heterocycles. The van der Waals surface area contributed by atoms with E-state index >= 15 is 0 Å². The summed E-state index contributed by atoms with van der Waals surface area (Å²) < 4.78 is 0. The highest BCUT2D eigenvalue weighted by molar-refractivity contribution is 6.30. The Morgan fingerprint density at radius 1 is 1.24 bits per heavy atom. The molecule has 0 saturated carbocycles. The molecule has 21 heavy (non-hydrogen) atoms. The lowest BCUT2D eigenvalue weighted by Gasteiger charge is -2.24. The van der Waals surface area contributed by atoms with Crippen LogP contribution in [-0.2, 0) is 0 Å². The first kappa shape index (κ1) is 15.5. The molecule has 0 unspecified atom stereocenters. The number of nitrogens with one attached hydrogen (secondary N) is 1. The maximum Gasteiger partial charge on any atom is 0.253 e. The Labute approximate surface area is 129 Å². The zero-order valence-corrected chi connectivity index (χ0v) is 12.8. The Morgan fingerprint density at radius 2 is 1.90 bits per heavy atom. The van der Waals surface area contributed by atoms with Crippen molar-refractivity contribution in [2.75, 3.05) is 6.54 Å². The second kappa shape index (κ2) is 6.24. The Hall–Kier alpha value is -1.91. The number of hydrogen-bond donors (Lipinski definition) is 2. The number of halogens is 1. The van der Waals surface area contributed by atoms with Gasteiger partial charge in [0.05, 0.1) is 5.56 Å². The van der Waals surface area contributed by atoms with Crippen molar-refractivity contribution in [1.29, 1.82) is 0 Å². The van der Waals surface area contributed by atoms with Crippen LogP contribution in [0, 0.1) is 0 Å². The van der Waals surface area contributed by atoms with Crippen molar-refractivity contribution in [3.05, 3.63) is 53.3 Å². The van der Waals surface area contributed by atoms with Crippen LogP contribution in [0.2, 0.25) is 5.02 Å². The number of rotatable bonds is 4. The van der Waals surface area contributed by atoms with Gasteiger partial charge in [-0.25, -0.2) is 0 Å². The van der Waals surface area contributed by atoms with E-state index in [0.29, 0.717) is 17.1 Å². The number of hydrogen-bond acceptors (Lipinski definition) is 3. The van der Waals surface area contributed by atoms with Gasteiger partial charge in [-0.3, -0.25) is 9.78 Å². The van der Waals surface area contributed by atoms with Gasteiger partial charge in [-0.1, -0.05) is 23.7 Å². The van der Waals surface area contributed by atoms with Crippen LogP contribution in [-0.4, -0.2) is 23.0 Å². The topological polar surface area (TPSA) is 68.0 Å². The second-order valence-corrected chi connectivity index (χ2v) is 5.95. The number of nitrogens with zero attached hydrogens (tertiary/aromatic N) is 1. The molecule has 2 aromatic rings. The highest BCUT2D eigenvalue weighted by atomic mass is 35.5. The minimum Gasteiger partial charge on any atom is -0.346 e. The average Bonchev–Trinajstić information content (AvgIpc) is 2.48. The Balaban J connectivity index is 2.25. The molecule has 0 atom stereocenters. The average molecular weight is 304 g/mol. The summed E-state index contributed by atoms with van der Waals surface area (Å²) in [4.78, 5) is 16.4. The fourth-order valence-corrected chi connectivity index (χ4v) is 1.92. The smallest absolute Gasteiger partial charge is 0.253 e. The van der Waals surface area contributed by atoms with E-state index < -0.39 is 5.54 Å². The van der Waals surface area contributed by atoms with E-state index in [1.165, 1.54) is 0 Å². The molecule has 0 spiro atoms. The first-order valence-corrected chi connectivity index (χ1v) is 7.03. The largest absolute Gasteiger partial charge is 0.346 e. The minimum atomic E-state index is -0.451. The molecule has 0 radical (unpaired) electrons. The van der Waals surface area contributed by atoms with Gasteiger partial charge >= 0.3 is 0 Å². The van der Waals surface area contributed by atoms with Crippen molar-refractivity contribution >= 4 is 17.5 Å². The summed E-state index contributed by atoms with van der Waals surface area (Å²) in [6.07, 6.45) is 3.26. The molecule has 3 N–H and O–H groups in total. The summed E-state index contributed by atoms with van der Waals surface area (Å²) in [7, 11) is 0. The van der Waals surface area contributed by atoms with Crippen LogP contribution >= 0.6 is 11.6 Å². The molecule has 1 aromatic carbocycles. The SMILES string of the molecule is CC(C)(CN)NC(=O)c1cncc(-c2ccc(Cl)cc2)c1. The van der Waals surface area contributed by atoms with Gasteiger partial charge in [-0.15, -0.1) is 0 Å². The summed E-state index contributed by atoms with van der Waals surface area (Å²) in [5.74, 6) is -0.186. The van der Waals surface area contributed by atoms with Crippen molar-refractivity contribution in [3.63, 3.8) is 0 Å². The summed E-state index contributed by atoms with van der Waals surface area (Å²) in [5, 5.41) is 3.56. The third-order valence-electron chi connectivity index (χ3n) is 3.14. The van der Waals surface area contributed by atoms with E-state index in [1.54, 1.807) is 30.6 Å². The Bertz CT molecular complexity index is 638. The van der Waals surface area contributed by atoms with Gasteiger partial charge in [0.25, 0.3) is 5.91 Å². The quantitative estimate of drug-likeness (QED) is 0.912. The Kier molecular flexibility index (Phi) is 4.60. The van der Waals surface area contributed by atoms with Gasteiger partial charge in [0.15, 0.2) is 0 Å². The molecule has 0 saturated heterocycles. The van der Waals surface area contributed by atoms with Gasteiger partial charge in [0.1, 0.15) is 0 Å². The zero-order valence-electron chi connectivity index (χ0n) is 12.1. The number of aromatic nitrogens is 1. The van der Waals surface area contributed by atoms with Gasteiger partial charge in [-0.05, 0) is 37.6 Å². The van der Waals surface area contributed by atoms with Crippen LogP contribution in [0.4, 0.5) is 0 Å². The Morgan fingerprint density at radius 3 is 2.52 bits per heavy atom. The number of pyridine rings is 1. The lowest BCUT2D eigenvalue weighted by molar-refractivity contribution is 0.0915. The maximum atomic E-state index is 12.2. The maximum absolute atomic E-state index is 12.2. The van der Waals surface area contributed by atoms with Crippen LogP contribution in [0.25, 0.3) is 11.1 Å². The van der Waals surface area contributed by atoms with Gasteiger partial charge in [0.2, 0.25) is 0 Å². The summed E-state index contributed by atoms with van der Waals surface area (Å²) >= 11 is 5.88. The van der Waals surface area contributed by atoms with Crippen molar-refractivity contribution in [3.8, 4) is 11.1 Å². The molecule has 1 amide bonds. The molecule has 0 aliphatic carbocycles. The second-order valence-electron chi connectivity index (χ2n) is 5.51. The molecule has 2 rings (SSSR count). The molecule has 0 fully saturated rings. The summed E-state index contributed by atoms with van der Waals surface area (Å²) in [6, 6.07) is 9.20. The number of carbonyl (C=O) groups excluding carboxylic acids is 1. The first-order valence-electron chi connectivity index (χ1n) is 6.65. The minimum absolute atomic E-state index is 0.186. The van der Waals surface area contributed by atoms with E-state index in [2.05, 4.69) is 10.3 Å². The fraction of sp³-hybridized carbons (Fsp3) is 0.250. The van der Waals surface area contributed by atoms with E-state index in [9.17, 15) is 4.79 Å². The zero-order chi connectivity index (χ0) is 15.5. The third-order valence-corrected chi connectivity index (χ3v) is 3.39. The summed E-state index contributed by atoms with van der Waals surface area (Å²) in [6.45, 7) is 4.12. The van der Waals surface area contributed by atoms with Crippen molar-refractivity contribution < 1.29 is 4.79 Å². The fourth-order valence-electron chi connectivity index (χ4n) is 1.79. The molecular weight excluding hydrogens is 286 g/mol. The van der Waals surface area contributed by atoms with Crippen LogP contribution in [0.3, 0.4) is 0 Å². The highest BCUT2D eigenvalue weighted by Crippen LogP contribution is 2.21. The molecule has 0 aliphatic rings. The third kappa shape index (κ3) is 4.03. The molecule has 5 heteroatoms. The molecule has 110 valence electrons. The monoisotopic (exact) mass is 303 g/mol. The van der Waals surface area contributed by atoms with Crippen molar-refractivity contribution in [2.45, 2.75) is 19.4 Å². The van der Waals surface area contributed by atoms with Gasteiger partial charge < -0.3 is 11.1 Å². The summed E-state index contributed by atoms with van der Waals surface area (Å²) in [5.41, 5.74) is 7.50. The molecule has 0 bridgehead atoms. The van der Waals surface area contributed by atoms with E-state index in [4.69, 9.17) is 17.3 Å². The van der Waals surface area contributed by atoms with Crippen LogP contribution in [0.5, 0.6) is 0 Å². The lowest BCUT2D eigenvalue weighted by atomic mass is 10.0. The molecular formula is C16H18ClN3O. The van der Waals surface area contributed by atoms with Crippen molar-refractivity contribution in [1.82, 2.24) is 10.3 Å². The molecule has 1 aromatic heterocycles. The van der Waals surface area contributed by atoms with Crippen LogP contribution in [0.15, 0.2) is 42.7 Å². The number of benzene rings is 1. The number of amides is 1. The van der Waals surface area contributed by atoms with Gasteiger partial charge in [0, 0.05) is 35.1 Å². The van der Waals surface area contributed by atoms with E-state index in [1.807, 2.05) is 26.0 Å². The first-order chi connectivity index (χ1) is 9.91. The normalized spacial score (nSPS) is 11.2. The van der Waals surface area contributed by atoms with E-state index in [-0.39, 0.29) is 5.91 Å². The number of nitrogens with two attached hydrogens (primary N) is 1. The molecule has 4 nitrogen and oxygen atoms in total. The van der Waals surface area contributed by atoms with Crippen molar-refractivity contribution in [2.24, 2.45) is 5.73 Å². The molecule has 0 aliphatic heterocycles. The standard InChI is InChI=1S/C16H18ClN3O/c1-16(2,10-18)20-15(21)13-7-12(8-19-9-13)11-3-5-14(17)6-4-11/h3-9H,10,18H2,1-2H3,(H,20,21). The predicted molar refractivity (Wildman–Crippen MR) is 85.3 cm³/mol. The van der Waals surface area contributed by atoms with Crippen LogP contribution < -0.4 is 11.1 Å². The lowest BCUT2D eigenvalue weighted by Crippen LogP contribution is -2.48. The van der Waals surface area contributed by atoms with E-state index in [0.717, 1.165) is 11.1 Å². The highest BCUT2D eigenvalue weighted by Gasteiger charge is 2.19. The predicted octanol–water partition coefficient (Wildman–Crippen LogP) is 2.87. The van der Waals surface area contributed by atoms with Gasteiger partial charge in [-0.2, -0.15) is 0 Å². The van der Waals surface area contributed by atoms with Crippen LogP contribution in [0.1, 0.15) is 24.2 Å².